The minimum Gasteiger partial charge on any atom is -0.472 e. The molecule has 1 unspecified atom stereocenters. The van der Waals surface area contributed by atoms with Gasteiger partial charge in [0.05, 0.1) is 17.0 Å². The van der Waals surface area contributed by atoms with Crippen molar-refractivity contribution in [2.75, 3.05) is 13.1 Å². The highest BCUT2D eigenvalue weighted by molar-refractivity contribution is 7.89. The smallest absolute Gasteiger partial charge is 0.419 e. The van der Waals surface area contributed by atoms with E-state index < -0.39 is 15.8 Å². The number of fused-ring (bicyclic) bond motifs is 1. The molecule has 0 saturated carbocycles. The van der Waals surface area contributed by atoms with Crippen LogP contribution in [0, 0.1) is 0 Å². The molecule has 1 aliphatic heterocycles. The molecule has 136 valence electrons. The van der Waals surface area contributed by atoms with Crippen molar-refractivity contribution >= 4 is 21.1 Å². The number of aromatic nitrogens is 3. The second-order valence-corrected chi connectivity index (χ2v) is 7.95. The first-order valence-corrected chi connectivity index (χ1v) is 9.43. The summed E-state index contributed by atoms with van der Waals surface area (Å²) in [7, 11) is -2.17. The van der Waals surface area contributed by atoms with Crippen molar-refractivity contribution in [2.45, 2.75) is 17.4 Å². The van der Waals surface area contributed by atoms with Crippen molar-refractivity contribution < 1.29 is 17.6 Å². The highest BCUT2D eigenvalue weighted by Crippen LogP contribution is 2.25. The average Bonchev–Trinajstić information content (AvgIpc) is 3.21. The van der Waals surface area contributed by atoms with Gasteiger partial charge >= 0.3 is 5.76 Å². The van der Waals surface area contributed by atoms with Gasteiger partial charge in [-0.15, -0.1) is 5.10 Å². The number of benzene rings is 1. The van der Waals surface area contributed by atoms with Gasteiger partial charge in [0.15, 0.2) is 5.58 Å². The fraction of sp³-hybridized carbons (Fsp3) is 0.312. The maximum absolute atomic E-state index is 12.9. The number of hydrogen-bond acceptors (Lipinski definition) is 7. The zero-order valence-corrected chi connectivity index (χ0v) is 14.7. The van der Waals surface area contributed by atoms with Crippen molar-refractivity contribution in [3.8, 4) is 5.88 Å². The summed E-state index contributed by atoms with van der Waals surface area (Å²) in [4.78, 5) is 11.7. The molecule has 0 bridgehead atoms. The molecule has 1 saturated heterocycles. The largest absolute Gasteiger partial charge is 0.472 e. The molecule has 2 aromatic heterocycles. The van der Waals surface area contributed by atoms with E-state index in [9.17, 15) is 13.2 Å². The Balaban J connectivity index is 1.57. The van der Waals surface area contributed by atoms with E-state index in [2.05, 4.69) is 10.2 Å². The lowest BCUT2D eigenvalue weighted by atomic mass is 10.3. The third kappa shape index (κ3) is 2.86. The van der Waals surface area contributed by atoms with E-state index in [-0.39, 0.29) is 17.5 Å². The zero-order valence-electron chi connectivity index (χ0n) is 13.9. The van der Waals surface area contributed by atoms with E-state index in [1.54, 1.807) is 12.1 Å². The predicted molar refractivity (Wildman–Crippen MR) is 91.3 cm³/mol. The molecule has 1 atom stereocenters. The molecule has 1 aromatic carbocycles. The van der Waals surface area contributed by atoms with E-state index in [1.807, 2.05) is 0 Å². The molecular formula is C16H16N4O5S. The summed E-state index contributed by atoms with van der Waals surface area (Å²) in [6.45, 7) is 0.566. The van der Waals surface area contributed by atoms with E-state index in [0.29, 0.717) is 29.9 Å². The molecule has 0 amide bonds. The first-order chi connectivity index (χ1) is 12.4. The Hall–Kier alpha value is -2.72. The Morgan fingerprint density at radius 3 is 2.92 bits per heavy atom. The fourth-order valence-electron chi connectivity index (χ4n) is 2.95. The van der Waals surface area contributed by atoms with Crippen LogP contribution in [0.25, 0.3) is 11.1 Å². The van der Waals surface area contributed by atoms with Crippen LogP contribution in [0.5, 0.6) is 5.88 Å². The summed E-state index contributed by atoms with van der Waals surface area (Å²) < 4.78 is 39.2. The van der Waals surface area contributed by atoms with Gasteiger partial charge in [-0.2, -0.15) is 9.40 Å². The van der Waals surface area contributed by atoms with E-state index in [0.717, 1.165) is 0 Å². The lowest BCUT2D eigenvalue weighted by Crippen LogP contribution is -2.31. The predicted octanol–water partition coefficient (Wildman–Crippen LogP) is 0.763. The zero-order chi connectivity index (χ0) is 18.3. The van der Waals surface area contributed by atoms with Crippen LogP contribution in [0.4, 0.5) is 0 Å². The Morgan fingerprint density at radius 1 is 1.31 bits per heavy atom. The van der Waals surface area contributed by atoms with Crippen molar-refractivity contribution in [3.05, 3.63) is 47.1 Å². The summed E-state index contributed by atoms with van der Waals surface area (Å²) in [6, 6.07) is 7.77. The standard InChI is InChI=1S/C16H16N4O5S/c1-19-13-9-12(4-5-14(13)25-16(19)21)26(22,23)20-8-6-11(10-20)24-15-3-2-7-17-18-15/h2-5,7,9,11H,6,8,10H2,1H3. The van der Waals surface area contributed by atoms with Gasteiger partial charge < -0.3 is 9.15 Å². The van der Waals surface area contributed by atoms with Crippen LogP contribution in [-0.4, -0.2) is 46.7 Å². The molecular weight excluding hydrogens is 360 g/mol. The van der Waals surface area contributed by atoms with Crippen molar-refractivity contribution in [1.29, 1.82) is 0 Å². The molecule has 0 radical (unpaired) electrons. The van der Waals surface area contributed by atoms with Crippen molar-refractivity contribution in [2.24, 2.45) is 7.05 Å². The van der Waals surface area contributed by atoms with Crippen LogP contribution in [0.15, 0.2) is 50.6 Å². The molecule has 9 nitrogen and oxygen atoms in total. The van der Waals surface area contributed by atoms with E-state index in [4.69, 9.17) is 9.15 Å². The minimum atomic E-state index is -3.70. The summed E-state index contributed by atoms with van der Waals surface area (Å²) in [5.41, 5.74) is 0.782. The number of oxazole rings is 1. The number of ether oxygens (including phenoxy) is 1. The maximum atomic E-state index is 12.9. The number of nitrogens with zero attached hydrogens (tertiary/aromatic N) is 4. The molecule has 4 rings (SSSR count). The Bertz CT molecular complexity index is 1110. The number of aryl methyl sites for hydroxylation is 1. The summed E-state index contributed by atoms with van der Waals surface area (Å²) >= 11 is 0. The van der Waals surface area contributed by atoms with Gasteiger partial charge in [-0.25, -0.2) is 13.2 Å². The van der Waals surface area contributed by atoms with Gasteiger partial charge in [-0.3, -0.25) is 4.57 Å². The second kappa shape index (κ2) is 6.22. The monoisotopic (exact) mass is 376 g/mol. The van der Waals surface area contributed by atoms with Crippen LogP contribution in [-0.2, 0) is 17.1 Å². The fourth-order valence-corrected chi connectivity index (χ4v) is 4.46. The molecule has 0 spiro atoms. The highest BCUT2D eigenvalue weighted by atomic mass is 32.2. The first kappa shape index (κ1) is 16.7. The Morgan fingerprint density at radius 2 is 2.15 bits per heavy atom. The quantitative estimate of drug-likeness (QED) is 0.661. The molecule has 0 N–H and O–H groups in total. The van der Waals surface area contributed by atoms with Crippen LogP contribution >= 0.6 is 0 Å². The van der Waals surface area contributed by atoms with E-state index in [1.165, 1.54) is 40.3 Å². The third-order valence-corrected chi connectivity index (χ3v) is 6.20. The van der Waals surface area contributed by atoms with Crippen LogP contribution in [0.3, 0.4) is 0 Å². The molecule has 1 aliphatic rings. The molecule has 26 heavy (non-hydrogen) atoms. The molecule has 3 heterocycles. The first-order valence-electron chi connectivity index (χ1n) is 7.99. The van der Waals surface area contributed by atoms with Crippen molar-refractivity contribution in [1.82, 2.24) is 19.1 Å². The molecule has 0 aliphatic carbocycles. The summed E-state index contributed by atoms with van der Waals surface area (Å²) in [5, 5.41) is 7.59. The van der Waals surface area contributed by atoms with E-state index >= 15 is 0 Å². The van der Waals surface area contributed by atoms with Crippen LogP contribution < -0.4 is 10.5 Å². The van der Waals surface area contributed by atoms with Gasteiger partial charge in [0.1, 0.15) is 6.10 Å². The third-order valence-electron chi connectivity index (χ3n) is 4.34. The van der Waals surface area contributed by atoms with Crippen molar-refractivity contribution in [3.63, 3.8) is 0 Å². The molecule has 10 heteroatoms. The van der Waals surface area contributed by atoms with Gasteiger partial charge in [-0.05, 0) is 30.7 Å². The summed E-state index contributed by atoms with van der Waals surface area (Å²) in [5.74, 6) is -0.167. The molecule has 3 aromatic rings. The minimum absolute atomic E-state index is 0.113. The number of sulfonamides is 1. The number of hydrogen-bond donors (Lipinski definition) is 0. The second-order valence-electron chi connectivity index (χ2n) is 6.01. The SMILES string of the molecule is Cn1c(=O)oc2ccc(S(=O)(=O)N3CCC(Oc4cccnn4)C3)cc21. The van der Waals surface area contributed by atoms with Gasteiger partial charge in [0.25, 0.3) is 0 Å². The Labute approximate surface area is 148 Å². The lowest BCUT2D eigenvalue weighted by Gasteiger charge is -2.17. The van der Waals surface area contributed by atoms with Crippen LogP contribution in [0.1, 0.15) is 6.42 Å². The molecule has 1 fully saturated rings. The average molecular weight is 376 g/mol. The normalized spacial score (nSPS) is 18.4. The van der Waals surface area contributed by atoms with Gasteiger partial charge in [-0.1, -0.05) is 0 Å². The van der Waals surface area contributed by atoms with Gasteiger partial charge in [0.2, 0.25) is 15.9 Å². The van der Waals surface area contributed by atoms with Crippen LogP contribution in [0.2, 0.25) is 0 Å². The Kier molecular flexibility index (Phi) is 4.00. The topological polar surface area (TPSA) is 108 Å². The lowest BCUT2D eigenvalue weighted by molar-refractivity contribution is 0.204. The summed E-state index contributed by atoms with van der Waals surface area (Å²) in [6.07, 6.45) is 1.81. The van der Waals surface area contributed by atoms with Gasteiger partial charge in [0, 0.05) is 25.9 Å². The highest BCUT2D eigenvalue weighted by Gasteiger charge is 2.34. The number of rotatable bonds is 4. The maximum Gasteiger partial charge on any atom is 0.419 e.